The van der Waals surface area contributed by atoms with E-state index in [-0.39, 0.29) is 18.4 Å². The molecule has 3 N–H and O–H groups in total. The molecule has 5 nitrogen and oxygen atoms in total. The molecule has 0 aliphatic carbocycles. The van der Waals surface area contributed by atoms with E-state index in [0.29, 0.717) is 22.0 Å². The van der Waals surface area contributed by atoms with Crippen molar-refractivity contribution in [1.82, 2.24) is 0 Å². The predicted molar refractivity (Wildman–Crippen MR) is 114 cm³/mol. The molecule has 0 spiro atoms. The maximum Gasteiger partial charge on any atom is 0.255 e. The van der Waals surface area contributed by atoms with Crippen LogP contribution in [0, 0.1) is 6.92 Å². The zero-order chi connectivity index (χ0) is 19.9. The van der Waals surface area contributed by atoms with Crippen LogP contribution in [0.2, 0.25) is 5.02 Å². The van der Waals surface area contributed by atoms with Crippen LogP contribution < -0.4 is 16.0 Å². The zero-order valence-corrected chi connectivity index (χ0v) is 16.1. The molecule has 0 aromatic heterocycles. The van der Waals surface area contributed by atoms with E-state index in [4.69, 9.17) is 11.6 Å². The number of rotatable bonds is 6. The van der Waals surface area contributed by atoms with Crippen LogP contribution in [0.1, 0.15) is 15.9 Å². The molecule has 0 atom stereocenters. The number of anilines is 3. The van der Waals surface area contributed by atoms with Gasteiger partial charge in [-0.2, -0.15) is 0 Å². The van der Waals surface area contributed by atoms with Crippen LogP contribution in [0.15, 0.2) is 72.8 Å². The van der Waals surface area contributed by atoms with Crippen molar-refractivity contribution in [3.63, 3.8) is 0 Å². The first-order chi connectivity index (χ1) is 13.5. The molecule has 0 saturated carbocycles. The van der Waals surface area contributed by atoms with Gasteiger partial charge in [0.05, 0.1) is 6.54 Å². The summed E-state index contributed by atoms with van der Waals surface area (Å²) in [5.41, 5.74) is 3.75. The van der Waals surface area contributed by atoms with Gasteiger partial charge in [-0.1, -0.05) is 29.3 Å². The van der Waals surface area contributed by atoms with Gasteiger partial charge in [0, 0.05) is 27.6 Å². The third-order valence-corrected chi connectivity index (χ3v) is 4.26. The minimum absolute atomic E-state index is 0.132. The summed E-state index contributed by atoms with van der Waals surface area (Å²) in [7, 11) is 0. The maximum atomic E-state index is 12.3. The van der Waals surface area contributed by atoms with Crippen molar-refractivity contribution < 1.29 is 9.59 Å². The number of hydrogen-bond donors (Lipinski definition) is 3. The highest BCUT2D eigenvalue weighted by atomic mass is 35.5. The average molecular weight is 394 g/mol. The third-order valence-electron chi connectivity index (χ3n) is 4.00. The molecular formula is C22H20ClN3O2. The molecule has 0 saturated heterocycles. The standard InChI is InChI=1S/C22H20ClN3O2/c1-15-3-2-4-16(13-15)22(28)26-20-11-9-19(10-12-20)25-21(27)14-24-18-7-5-17(23)6-8-18/h2-13,24H,14H2,1H3,(H,25,27)(H,26,28). The van der Waals surface area contributed by atoms with Crippen molar-refractivity contribution in [2.45, 2.75) is 6.92 Å². The molecule has 28 heavy (non-hydrogen) atoms. The summed E-state index contributed by atoms with van der Waals surface area (Å²) in [6.07, 6.45) is 0. The number of carbonyl (C=O) groups is 2. The Labute approximate surface area is 168 Å². The second kappa shape index (κ2) is 9.06. The Balaban J connectivity index is 1.51. The van der Waals surface area contributed by atoms with E-state index in [1.807, 2.05) is 25.1 Å². The maximum absolute atomic E-state index is 12.3. The van der Waals surface area contributed by atoms with E-state index in [0.717, 1.165) is 11.3 Å². The summed E-state index contributed by atoms with van der Waals surface area (Å²) in [4.78, 5) is 24.3. The molecule has 0 heterocycles. The molecule has 0 bridgehead atoms. The molecule has 0 radical (unpaired) electrons. The Morgan fingerprint density at radius 3 is 2.07 bits per heavy atom. The fourth-order valence-corrected chi connectivity index (χ4v) is 2.71. The van der Waals surface area contributed by atoms with Crippen molar-refractivity contribution in [1.29, 1.82) is 0 Å². The fraction of sp³-hybridized carbons (Fsp3) is 0.0909. The quantitative estimate of drug-likeness (QED) is 0.554. The third kappa shape index (κ3) is 5.59. The van der Waals surface area contributed by atoms with Crippen molar-refractivity contribution in [2.75, 3.05) is 22.5 Å². The predicted octanol–water partition coefficient (Wildman–Crippen LogP) is 4.95. The van der Waals surface area contributed by atoms with Crippen molar-refractivity contribution in [3.05, 3.63) is 88.9 Å². The molecule has 0 aliphatic heterocycles. The van der Waals surface area contributed by atoms with Crippen LogP contribution in [0.5, 0.6) is 0 Å². The summed E-state index contributed by atoms with van der Waals surface area (Å²) in [6.45, 7) is 2.07. The summed E-state index contributed by atoms with van der Waals surface area (Å²) < 4.78 is 0. The van der Waals surface area contributed by atoms with Gasteiger partial charge in [0.15, 0.2) is 0 Å². The minimum Gasteiger partial charge on any atom is -0.376 e. The summed E-state index contributed by atoms with van der Waals surface area (Å²) in [5.74, 6) is -0.348. The number of benzene rings is 3. The van der Waals surface area contributed by atoms with Crippen LogP contribution in [-0.4, -0.2) is 18.4 Å². The monoisotopic (exact) mass is 393 g/mol. The lowest BCUT2D eigenvalue weighted by atomic mass is 10.1. The number of aryl methyl sites for hydroxylation is 1. The number of nitrogens with one attached hydrogen (secondary N) is 3. The lowest BCUT2D eigenvalue weighted by Gasteiger charge is -2.09. The van der Waals surface area contributed by atoms with Crippen molar-refractivity contribution >= 4 is 40.5 Å². The van der Waals surface area contributed by atoms with Gasteiger partial charge < -0.3 is 16.0 Å². The molecule has 3 aromatic carbocycles. The number of hydrogen-bond acceptors (Lipinski definition) is 3. The lowest BCUT2D eigenvalue weighted by Crippen LogP contribution is -2.21. The van der Waals surface area contributed by atoms with E-state index in [1.54, 1.807) is 54.6 Å². The normalized spacial score (nSPS) is 10.2. The van der Waals surface area contributed by atoms with Crippen LogP contribution in [0.4, 0.5) is 17.1 Å². The Morgan fingerprint density at radius 2 is 1.43 bits per heavy atom. The summed E-state index contributed by atoms with van der Waals surface area (Å²) in [6, 6.07) is 21.5. The Morgan fingerprint density at radius 1 is 0.821 bits per heavy atom. The minimum atomic E-state index is -0.175. The van der Waals surface area contributed by atoms with E-state index >= 15 is 0 Å². The van der Waals surface area contributed by atoms with E-state index in [1.165, 1.54) is 0 Å². The van der Waals surface area contributed by atoms with Gasteiger partial charge in [0.2, 0.25) is 5.91 Å². The lowest BCUT2D eigenvalue weighted by molar-refractivity contribution is -0.114. The van der Waals surface area contributed by atoms with Gasteiger partial charge in [0.1, 0.15) is 0 Å². The van der Waals surface area contributed by atoms with E-state index in [9.17, 15) is 9.59 Å². The first-order valence-electron chi connectivity index (χ1n) is 8.77. The van der Waals surface area contributed by atoms with Gasteiger partial charge in [-0.3, -0.25) is 9.59 Å². The first kappa shape index (κ1) is 19.5. The molecule has 3 rings (SSSR count). The van der Waals surface area contributed by atoms with Gasteiger partial charge in [-0.15, -0.1) is 0 Å². The largest absolute Gasteiger partial charge is 0.376 e. The highest BCUT2D eigenvalue weighted by molar-refractivity contribution is 6.30. The highest BCUT2D eigenvalue weighted by Gasteiger charge is 2.07. The molecular weight excluding hydrogens is 374 g/mol. The second-order valence-corrected chi connectivity index (χ2v) is 6.75. The Kier molecular flexibility index (Phi) is 6.29. The molecule has 0 fully saturated rings. The molecule has 6 heteroatoms. The smallest absolute Gasteiger partial charge is 0.255 e. The van der Waals surface area contributed by atoms with Gasteiger partial charge in [0.25, 0.3) is 5.91 Å². The van der Waals surface area contributed by atoms with Crippen molar-refractivity contribution in [3.8, 4) is 0 Å². The van der Waals surface area contributed by atoms with E-state index < -0.39 is 0 Å². The van der Waals surface area contributed by atoms with Crippen molar-refractivity contribution in [2.24, 2.45) is 0 Å². The highest BCUT2D eigenvalue weighted by Crippen LogP contribution is 2.16. The number of halogens is 1. The fourth-order valence-electron chi connectivity index (χ4n) is 2.58. The SMILES string of the molecule is Cc1cccc(C(=O)Nc2ccc(NC(=O)CNc3ccc(Cl)cc3)cc2)c1. The molecule has 0 unspecified atom stereocenters. The first-order valence-corrected chi connectivity index (χ1v) is 9.15. The van der Waals surface area contributed by atoms with Crippen LogP contribution in [0.25, 0.3) is 0 Å². The zero-order valence-electron chi connectivity index (χ0n) is 15.3. The van der Waals surface area contributed by atoms with Gasteiger partial charge in [-0.05, 0) is 67.6 Å². The molecule has 0 aliphatic rings. The van der Waals surface area contributed by atoms with Crippen LogP contribution in [-0.2, 0) is 4.79 Å². The topological polar surface area (TPSA) is 70.2 Å². The number of amides is 2. The second-order valence-electron chi connectivity index (χ2n) is 6.31. The Hall–Kier alpha value is -3.31. The average Bonchev–Trinajstić information content (AvgIpc) is 2.69. The summed E-state index contributed by atoms with van der Waals surface area (Å²) in [5, 5.41) is 9.31. The van der Waals surface area contributed by atoms with E-state index in [2.05, 4.69) is 16.0 Å². The Bertz CT molecular complexity index is 970. The molecule has 2 amide bonds. The number of carbonyl (C=O) groups excluding carboxylic acids is 2. The molecule has 142 valence electrons. The van der Waals surface area contributed by atoms with Gasteiger partial charge >= 0.3 is 0 Å². The summed E-state index contributed by atoms with van der Waals surface area (Å²) >= 11 is 5.83. The van der Waals surface area contributed by atoms with Crippen LogP contribution >= 0.6 is 11.6 Å². The van der Waals surface area contributed by atoms with Crippen LogP contribution in [0.3, 0.4) is 0 Å². The van der Waals surface area contributed by atoms with Gasteiger partial charge in [-0.25, -0.2) is 0 Å². The molecule has 3 aromatic rings.